The van der Waals surface area contributed by atoms with E-state index in [1.807, 2.05) is 39.0 Å². The number of esters is 1. The number of fused-ring (bicyclic) bond motifs is 1. The van der Waals surface area contributed by atoms with Gasteiger partial charge in [0.1, 0.15) is 5.75 Å². The number of hydrogen-bond donors (Lipinski definition) is 2. The van der Waals surface area contributed by atoms with E-state index in [0.717, 1.165) is 36.1 Å². The molecule has 1 aliphatic carbocycles. The largest absolute Gasteiger partial charge is 0.494 e. The Morgan fingerprint density at radius 3 is 2.43 bits per heavy atom. The van der Waals surface area contributed by atoms with Crippen molar-refractivity contribution in [3.8, 4) is 5.75 Å². The average Bonchev–Trinajstić information content (AvgIpc) is 3.27. The van der Waals surface area contributed by atoms with Gasteiger partial charge in [0.2, 0.25) is 0 Å². The van der Waals surface area contributed by atoms with Gasteiger partial charge in [-0.05, 0) is 89.0 Å². The Bertz CT molecular complexity index is 980. The van der Waals surface area contributed by atoms with E-state index >= 15 is 0 Å². The number of hydrogen-bond acceptors (Lipinski definition) is 6. The Labute approximate surface area is 222 Å². The van der Waals surface area contributed by atoms with E-state index in [9.17, 15) is 9.90 Å². The van der Waals surface area contributed by atoms with E-state index in [1.54, 1.807) is 0 Å². The average molecular weight is 512 g/mol. The van der Waals surface area contributed by atoms with E-state index < -0.39 is 6.10 Å². The van der Waals surface area contributed by atoms with Gasteiger partial charge < -0.3 is 24.6 Å². The van der Waals surface area contributed by atoms with Crippen LogP contribution in [0.4, 0.5) is 0 Å². The van der Waals surface area contributed by atoms with Crippen molar-refractivity contribution in [3.05, 3.63) is 64.7 Å². The van der Waals surface area contributed by atoms with Crippen LogP contribution < -0.4 is 10.1 Å². The van der Waals surface area contributed by atoms with Gasteiger partial charge in [-0.2, -0.15) is 0 Å². The molecule has 2 aromatic rings. The summed E-state index contributed by atoms with van der Waals surface area (Å²) in [5, 5.41) is 14.2. The molecule has 204 valence electrons. The van der Waals surface area contributed by atoms with Gasteiger partial charge in [0.25, 0.3) is 0 Å². The molecule has 0 aromatic heterocycles. The lowest BCUT2D eigenvalue weighted by Gasteiger charge is -2.31. The number of β-amino-alcohol motifs (C(OH)–C–C–N with tert-alkyl or cyclic N) is 1. The fourth-order valence-electron chi connectivity index (χ4n) is 5.37. The van der Waals surface area contributed by atoms with Crippen LogP contribution in [0.5, 0.6) is 5.75 Å². The number of nitrogens with one attached hydrogen (secondary N) is 1. The summed E-state index contributed by atoms with van der Waals surface area (Å²) in [4.78, 5) is 12.0. The molecule has 0 spiro atoms. The Kier molecular flexibility index (Phi) is 11.0. The highest BCUT2D eigenvalue weighted by Crippen LogP contribution is 2.32. The molecule has 0 radical (unpaired) electrons. The van der Waals surface area contributed by atoms with Crippen molar-refractivity contribution in [2.24, 2.45) is 5.92 Å². The van der Waals surface area contributed by atoms with Crippen LogP contribution in [0.25, 0.3) is 0 Å². The summed E-state index contributed by atoms with van der Waals surface area (Å²) in [5.41, 5.74) is 4.79. The Morgan fingerprint density at radius 1 is 1.08 bits per heavy atom. The van der Waals surface area contributed by atoms with E-state index in [2.05, 4.69) is 43.4 Å². The minimum atomic E-state index is -0.624. The Morgan fingerprint density at radius 2 is 1.78 bits per heavy atom. The maximum atomic E-state index is 12.0. The molecule has 0 fully saturated rings. The van der Waals surface area contributed by atoms with Crippen LogP contribution in [0.15, 0.2) is 42.5 Å². The molecule has 0 unspecified atom stereocenters. The van der Waals surface area contributed by atoms with Crippen LogP contribution in [0, 0.1) is 5.92 Å². The molecule has 0 saturated carbocycles. The first kappa shape index (κ1) is 29.2. The maximum absolute atomic E-state index is 12.0. The molecule has 6 nitrogen and oxygen atoms in total. The quantitative estimate of drug-likeness (QED) is 0.321. The van der Waals surface area contributed by atoms with Gasteiger partial charge in [-0.3, -0.25) is 4.79 Å². The third kappa shape index (κ3) is 8.84. The highest BCUT2D eigenvalue weighted by molar-refractivity contribution is 5.70. The minimum absolute atomic E-state index is 0.0780. The van der Waals surface area contributed by atoms with Crippen molar-refractivity contribution < 1.29 is 24.1 Å². The van der Waals surface area contributed by atoms with Crippen molar-refractivity contribution in [1.29, 1.82) is 0 Å². The normalized spacial score (nSPS) is 15.3. The first-order valence-corrected chi connectivity index (χ1v) is 13.7. The van der Waals surface area contributed by atoms with Crippen molar-refractivity contribution >= 4 is 5.97 Å². The van der Waals surface area contributed by atoms with Gasteiger partial charge in [-0.25, -0.2) is 0 Å². The molecular formula is C31H45NO5. The summed E-state index contributed by atoms with van der Waals surface area (Å²) in [6.07, 6.45) is 3.23. The lowest BCUT2D eigenvalue weighted by molar-refractivity contribution is -0.143. The van der Waals surface area contributed by atoms with E-state index in [4.69, 9.17) is 14.2 Å². The molecular weight excluding hydrogens is 466 g/mol. The Balaban J connectivity index is 1.50. The lowest BCUT2D eigenvalue weighted by atomic mass is 9.88. The van der Waals surface area contributed by atoms with Crippen LogP contribution >= 0.6 is 0 Å². The highest BCUT2D eigenvalue weighted by atomic mass is 16.5. The van der Waals surface area contributed by atoms with Crippen LogP contribution in [-0.2, 0) is 33.5 Å². The molecule has 0 saturated heterocycles. The zero-order chi connectivity index (χ0) is 26.8. The van der Waals surface area contributed by atoms with Crippen molar-refractivity contribution in [2.45, 2.75) is 84.5 Å². The van der Waals surface area contributed by atoms with Gasteiger partial charge in [0, 0.05) is 24.1 Å². The molecule has 0 heterocycles. The molecule has 2 aromatic carbocycles. The van der Waals surface area contributed by atoms with Gasteiger partial charge in [-0.1, -0.05) is 36.4 Å². The maximum Gasteiger partial charge on any atom is 0.306 e. The summed E-state index contributed by atoms with van der Waals surface area (Å²) in [6.45, 7) is 11.7. The third-order valence-corrected chi connectivity index (χ3v) is 7.08. The molecule has 0 aliphatic heterocycles. The van der Waals surface area contributed by atoms with Crippen molar-refractivity contribution in [2.75, 3.05) is 26.4 Å². The summed E-state index contributed by atoms with van der Waals surface area (Å²) in [7, 11) is 0. The minimum Gasteiger partial charge on any atom is -0.494 e. The molecule has 0 bridgehead atoms. The highest BCUT2D eigenvalue weighted by Gasteiger charge is 2.28. The third-order valence-electron chi connectivity index (χ3n) is 7.08. The topological polar surface area (TPSA) is 77.0 Å². The van der Waals surface area contributed by atoms with E-state index in [0.29, 0.717) is 32.1 Å². The molecule has 6 heteroatoms. The first-order chi connectivity index (χ1) is 17.7. The molecule has 1 aliphatic rings. The van der Waals surface area contributed by atoms with Gasteiger partial charge in [-0.15, -0.1) is 0 Å². The zero-order valence-electron chi connectivity index (χ0n) is 23.2. The van der Waals surface area contributed by atoms with Crippen molar-refractivity contribution in [1.82, 2.24) is 5.32 Å². The summed E-state index contributed by atoms with van der Waals surface area (Å²) >= 11 is 0. The second-order valence-electron chi connectivity index (χ2n) is 10.7. The molecule has 2 N–H and O–H groups in total. The Hall–Kier alpha value is -2.41. The number of carbonyl (C=O) groups is 1. The standard InChI is InChI=1S/C31H45NO5/c1-6-35-29-14-10-13-27(28(29)15-16-30(34)36-7-2)22(3)37-21-26(33)20-32-31(4,5)19-23-17-24-11-8-9-12-25(24)18-23/h8-14,22-23,26,32-33H,6-7,15-21H2,1-5H3/t22-,26-/m1/s1. The van der Waals surface area contributed by atoms with Crippen LogP contribution in [0.3, 0.4) is 0 Å². The smallest absolute Gasteiger partial charge is 0.306 e. The number of aliphatic hydroxyl groups is 1. The summed E-state index contributed by atoms with van der Waals surface area (Å²) in [6, 6.07) is 14.6. The van der Waals surface area contributed by atoms with E-state index in [1.165, 1.54) is 11.1 Å². The number of ether oxygens (including phenoxy) is 3. The zero-order valence-corrected chi connectivity index (χ0v) is 23.2. The molecule has 3 rings (SSSR count). The second-order valence-corrected chi connectivity index (χ2v) is 10.7. The van der Waals surface area contributed by atoms with Crippen LogP contribution in [0.1, 0.15) is 75.8 Å². The fourth-order valence-corrected chi connectivity index (χ4v) is 5.37. The number of carbonyl (C=O) groups excluding carboxylic acids is 1. The van der Waals surface area contributed by atoms with Crippen LogP contribution in [-0.4, -0.2) is 49.1 Å². The number of aliphatic hydroxyl groups excluding tert-OH is 1. The van der Waals surface area contributed by atoms with Gasteiger partial charge in [0.05, 0.1) is 32.0 Å². The lowest BCUT2D eigenvalue weighted by Crippen LogP contribution is -2.45. The predicted molar refractivity (Wildman–Crippen MR) is 147 cm³/mol. The SMILES string of the molecule is CCOC(=O)CCc1c(OCC)cccc1[C@@H](C)OC[C@H](O)CNC(C)(C)CC1Cc2ccccc2C1. The van der Waals surface area contributed by atoms with E-state index in [-0.39, 0.29) is 30.6 Å². The molecule has 37 heavy (non-hydrogen) atoms. The van der Waals surface area contributed by atoms with Crippen molar-refractivity contribution in [3.63, 3.8) is 0 Å². The second kappa shape index (κ2) is 13.9. The fraction of sp³-hybridized carbons (Fsp3) is 0.581. The first-order valence-electron chi connectivity index (χ1n) is 13.7. The number of benzene rings is 2. The monoisotopic (exact) mass is 511 g/mol. The number of rotatable bonds is 15. The van der Waals surface area contributed by atoms with Gasteiger partial charge in [0.15, 0.2) is 0 Å². The van der Waals surface area contributed by atoms with Crippen LogP contribution in [0.2, 0.25) is 0 Å². The summed E-state index contributed by atoms with van der Waals surface area (Å²) in [5.74, 6) is 1.16. The predicted octanol–water partition coefficient (Wildman–Crippen LogP) is 5.19. The summed E-state index contributed by atoms with van der Waals surface area (Å²) < 4.78 is 17.0. The van der Waals surface area contributed by atoms with Gasteiger partial charge >= 0.3 is 5.97 Å². The molecule has 0 amide bonds. The molecule has 2 atom stereocenters.